The number of hydrogen-bond acceptors (Lipinski definition) is 6. The first-order chi connectivity index (χ1) is 14.5. The minimum Gasteiger partial charge on any atom is -0.493 e. The van der Waals surface area contributed by atoms with Crippen molar-refractivity contribution in [3.05, 3.63) is 51.4 Å². The van der Waals surface area contributed by atoms with Crippen molar-refractivity contribution in [2.24, 2.45) is 7.05 Å². The van der Waals surface area contributed by atoms with E-state index in [1.165, 1.54) is 27.9 Å². The van der Waals surface area contributed by atoms with Crippen molar-refractivity contribution < 1.29 is 14.3 Å². The third kappa shape index (κ3) is 3.92. The Bertz CT molecular complexity index is 1000. The molecule has 1 atom stereocenters. The van der Waals surface area contributed by atoms with Crippen molar-refractivity contribution in [3.63, 3.8) is 0 Å². The van der Waals surface area contributed by atoms with E-state index in [0.717, 1.165) is 50.4 Å². The molecule has 0 saturated carbocycles. The van der Waals surface area contributed by atoms with Gasteiger partial charge in [-0.3, -0.25) is 14.5 Å². The van der Waals surface area contributed by atoms with E-state index in [1.54, 1.807) is 21.3 Å². The Labute approximate surface area is 176 Å². The molecule has 2 aromatic rings. The standard InChI is InChI=1S/C22H28N4O4/c1-24-21(27)7-6-18(23-24)22(28)26-9-4-5-17(14-26)25-10-8-15-11-19(29-2)20(30-3)12-16(15)13-25/h6-7,11-12,17H,4-5,8-10,13-14H2,1-3H3. The van der Waals surface area contributed by atoms with Crippen LogP contribution in [0.2, 0.25) is 0 Å². The number of likely N-dealkylation sites (tertiary alicyclic amines) is 1. The Kier molecular flexibility index (Phi) is 5.76. The number of benzene rings is 1. The summed E-state index contributed by atoms with van der Waals surface area (Å²) >= 11 is 0. The molecule has 2 aliphatic heterocycles. The molecule has 8 nitrogen and oxygen atoms in total. The average molecular weight is 412 g/mol. The first-order valence-corrected chi connectivity index (χ1v) is 10.3. The first kappa shape index (κ1) is 20.4. The zero-order chi connectivity index (χ0) is 21.3. The second kappa shape index (κ2) is 8.47. The molecule has 0 aliphatic carbocycles. The molecular weight excluding hydrogens is 384 g/mol. The number of piperidine rings is 1. The van der Waals surface area contributed by atoms with Crippen LogP contribution in [0.15, 0.2) is 29.1 Å². The summed E-state index contributed by atoms with van der Waals surface area (Å²) in [4.78, 5) is 28.8. The molecule has 30 heavy (non-hydrogen) atoms. The van der Waals surface area contributed by atoms with Gasteiger partial charge in [-0.15, -0.1) is 0 Å². The van der Waals surface area contributed by atoms with Gasteiger partial charge in [0, 0.05) is 45.3 Å². The maximum atomic E-state index is 12.9. The van der Waals surface area contributed by atoms with Crippen molar-refractivity contribution in [2.75, 3.05) is 33.9 Å². The van der Waals surface area contributed by atoms with Gasteiger partial charge < -0.3 is 14.4 Å². The van der Waals surface area contributed by atoms with Crippen LogP contribution in [0, 0.1) is 0 Å². The SMILES string of the molecule is COc1cc2c(cc1OC)CN(C1CCCN(C(=O)c3ccc(=O)n(C)n3)C1)CC2. The van der Waals surface area contributed by atoms with Crippen molar-refractivity contribution in [3.8, 4) is 11.5 Å². The lowest BCUT2D eigenvalue weighted by Gasteiger charge is -2.41. The van der Waals surface area contributed by atoms with Crippen molar-refractivity contribution in [2.45, 2.75) is 31.8 Å². The van der Waals surface area contributed by atoms with Gasteiger partial charge in [-0.1, -0.05) is 0 Å². The minimum absolute atomic E-state index is 0.112. The quantitative estimate of drug-likeness (QED) is 0.757. The highest BCUT2D eigenvalue weighted by molar-refractivity contribution is 5.92. The normalized spacial score (nSPS) is 19.3. The van der Waals surface area contributed by atoms with E-state index in [9.17, 15) is 9.59 Å². The first-order valence-electron chi connectivity index (χ1n) is 10.3. The van der Waals surface area contributed by atoms with Crippen LogP contribution in [0.3, 0.4) is 0 Å². The van der Waals surface area contributed by atoms with E-state index >= 15 is 0 Å². The molecule has 1 saturated heterocycles. The second-order valence-corrected chi connectivity index (χ2v) is 7.92. The molecule has 4 rings (SSSR count). The molecule has 0 bridgehead atoms. The summed E-state index contributed by atoms with van der Waals surface area (Å²) in [7, 11) is 4.88. The van der Waals surface area contributed by atoms with Crippen LogP contribution in [0.4, 0.5) is 0 Å². The molecule has 1 amide bonds. The number of carbonyl (C=O) groups excluding carboxylic acids is 1. The number of aryl methyl sites for hydroxylation is 1. The molecule has 0 spiro atoms. The largest absolute Gasteiger partial charge is 0.493 e. The van der Waals surface area contributed by atoms with Crippen molar-refractivity contribution >= 4 is 5.91 Å². The molecule has 1 aromatic heterocycles. The lowest BCUT2D eigenvalue weighted by atomic mass is 9.95. The van der Waals surface area contributed by atoms with Crippen LogP contribution in [0.25, 0.3) is 0 Å². The lowest BCUT2D eigenvalue weighted by molar-refractivity contribution is 0.0541. The van der Waals surface area contributed by atoms with E-state index in [-0.39, 0.29) is 11.5 Å². The Balaban J connectivity index is 1.48. The highest BCUT2D eigenvalue weighted by atomic mass is 16.5. The van der Waals surface area contributed by atoms with E-state index in [2.05, 4.69) is 22.1 Å². The molecule has 160 valence electrons. The van der Waals surface area contributed by atoms with Gasteiger partial charge in [-0.25, -0.2) is 4.68 Å². The molecule has 1 fully saturated rings. The zero-order valence-electron chi connectivity index (χ0n) is 17.8. The van der Waals surface area contributed by atoms with Crippen molar-refractivity contribution in [1.82, 2.24) is 19.6 Å². The maximum absolute atomic E-state index is 12.9. The van der Waals surface area contributed by atoms with Crippen molar-refractivity contribution in [1.29, 1.82) is 0 Å². The van der Waals surface area contributed by atoms with Gasteiger partial charge >= 0.3 is 0 Å². The fraction of sp³-hybridized carbons (Fsp3) is 0.500. The van der Waals surface area contributed by atoms with Gasteiger partial charge in [0.15, 0.2) is 11.5 Å². The molecule has 8 heteroatoms. The van der Waals surface area contributed by atoms with Gasteiger partial charge in [0.2, 0.25) is 0 Å². The van der Waals surface area contributed by atoms with Gasteiger partial charge in [0.05, 0.1) is 14.2 Å². The fourth-order valence-electron chi connectivity index (χ4n) is 4.43. The monoisotopic (exact) mass is 412 g/mol. The summed E-state index contributed by atoms with van der Waals surface area (Å²) in [6, 6.07) is 7.36. The number of ether oxygens (including phenoxy) is 2. The van der Waals surface area contributed by atoms with Crippen LogP contribution >= 0.6 is 0 Å². The number of fused-ring (bicyclic) bond motifs is 1. The summed E-state index contributed by atoms with van der Waals surface area (Å²) in [6.07, 6.45) is 2.97. The Morgan fingerprint density at radius 1 is 1.10 bits per heavy atom. The number of rotatable bonds is 4. The third-order valence-corrected chi connectivity index (χ3v) is 6.13. The highest BCUT2D eigenvalue weighted by Gasteiger charge is 2.31. The Morgan fingerprint density at radius 2 is 1.83 bits per heavy atom. The van der Waals surface area contributed by atoms with Gasteiger partial charge in [-0.05, 0) is 48.6 Å². The molecule has 1 unspecified atom stereocenters. The van der Waals surface area contributed by atoms with E-state index in [4.69, 9.17) is 9.47 Å². The van der Waals surface area contributed by atoms with E-state index in [0.29, 0.717) is 18.3 Å². The summed E-state index contributed by atoms with van der Waals surface area (Å²) in [5.41, 5.74) is 2.64. The maximum Gasteiger partial charge on any atom is 0.274 e. The van der Waals surface area contributed by atoms with Crippen LogP contribution in [0.5, 0.6) is 11.5 Å². The molecule has 0 radical (unpaired) electrons. The predicted octanol–water partition coefficient (Wildman–Crippen LogP) is 1.46. The average Bonchev–Trinajstić information content (AvgIpc) is 2.79. The second-order valence-electron chi connectivity index (χ2n) is 7.92. The smallest absolute Gasteiger partial charge is 0.274 e. The van der Waals surface area contributed by atoms with Gasteiger partial charge in [0.1, 0.15) is 5.69 Å². The number of aromatic nitrogens is 2. The molecular formula is C22H28N4O4. The molecule has 0 N–H and O–H groups in total. The Hall–Kier alpha value is -2.87. The van der Waals surface area contributed by atoms with E-state index in [1.807, 2.05) is 4.90 Å². The number of nitrogens with zero attached hydrogens (tertiary/aromatic N) is 4. The van der Waals surface area contributed by atoms with E-state index < -0.39 is 0 Å². The zero-order valence-corrected chi connectivity index (χ0v) is 17.8. The van der Waals surface area contributed by atoms with Crippen LogP contribution < -0.4 is 15.0 Å². The number of amides is 1. The number of carbonyl (C=O) groups is 1. The third-order valence-electron chi connectivity index (χ3n) is 6.13. The van der Waals surface area contributed by atoms with Crippen LogP contribution in [-0.4, -0.2) is 65.4 Å². The van der Waals surface area contributed by atoms with Gasteiger partial charge in [0.25, 0.3) is 11.5 Å². The summed E-state index contributed by atoms with van der Waals surface area (Å²) in [6.45, 7) is 3.18. The fourth-order valence-corrected chi connectivity index (χ4v) is 4.43. The lowest BCUT2D eigenvalue weighted by Crippen LogP contribution is -2.51. The van der Waals surface area contributed by atoms with Crippen LogP contribution in [0.1, 0.15) is 34.5 Å². The summed E-state index contributed by atoms with van der Waals surface area (Å²) in [5, 5.41) is 4.12. The van der Waals surface area contributed by atoms with Crippen LogP contribution in [-0.2, 0) is 20.0 Å². The summed E-state index contributed by atoms with van der Waals surface area (Å²) < 4.78 is 12.1. The summed E-state index contributed by atoms with van der Waals surface area (Å²) in [5.74, 6) is 1.40. The number of methoxy groups -OCH3 is 2. The topological polar surface area (TPSA) is 76.9 Å². The molecule has 1 aromatic carbocycles. The highest BCUT2D eigenvalue weighted by Crippen LogP contribution is 2.34. The predicted molar refractivity (Wildman–Crippen MR) is 112 cm³/mol. The number of hydrogen-bond donors (Lipinski definition) is 0. The minimum atomic E-state index is -0.220. The van der Waals surface area contributed by atoms with Gasteiger partial charge in [-0.2, -0.15) is 5.10 Å². The molecule has 2 aliphatic rings. The Morgan fingerprint density at radius 3 is 2.53 bits per heavy atom. The molecule has 3 heterocycles.